The van der Waals surface area contributed by atoms with Crippen molar-refractivity contribution in [2.24, 2.45) is 10.8 Å². The average molecular weight is 1520 g/mol. The number of unbranched alkanes of at least 4 members (excludes halogenated alkanes) is 6. The van der Waals surface area contributed by atoms with Gasteiger partial charge in [0.2, 0.25) is 0 Å². The summed E-state index contributed by atoms with van der Waals surface area (Å²) >= 11 is 0. The topological polar surface area (TPSA) is 294 Å². The van der Waals surface area contributed by atoms with Gasteiger partial charge in [-0.1, -0.05) is 26.7 Å². The minimum Gasteiger partial charge on any atom is -0.494 e. The van der Waals surface area contributed by atoms with E-state index in [-0.39, 0.29) is 72.1 Å². The van der Waals surface area contributed by atoms with Gasteiger partial charge >= 0.3 is 35.8 Å². The molecule has 6 aromatic carbocycles. The Kier molecular flexibility index (Phi) is 27.8. The third-order valence-electron chi connectivity index (χ3n) is 20.4. The van der Waals surface area contributed by atoms with Crippen molar-refractivity contribution in [1.29, 1.82) is 0 Å². The molecule has 26 heteroatoms. The summed E-state index contributed by atoms with van der Waals surface area (Å²) in [5.74, 6) is -0.146. The maximum absolute atomic E-state index is 13.1. The van der Waals surface area contributed by atoms with Crippen molar-refractivity contribution in [3.8, 4) is 34.5 Å². The maximum atomic E-state index is 13.1. The van der Waals surface area contributed by atoms with Crippen LogP contribution in [0.2, 0.25) is 0 Å². The van der Waals surface area contributed by atoms with E-state index in [0.717, 1.165) is 130 Å². The summed E-state index contributed by atoms with van der Waals surface area (Å²) in [6, 6.07) is 39.1. The van der Waals surface area contributed by atoms with Crippen molar-refractivity contribution >= 4 is 35.8 Å². The quantitative estimate of drug-likeness (QED) is 0.0113. The van der Waals surface area contributed by atoms with Crippen molar-refractivity contribution in [1.82, 2.24) is 0 Å². The molecule has 588 valence electrons. The molecule has 26 nitrogen and oxygen atoms in total. The van der Waals surface area contributed by atoms with Gasteiger partial charge in [0.1, 0.15) is 84.3 Å². The lowest BCUT2D eigenvalue weighted by atomic mass is 9.84. The highest BCUT2D eigenvalue weighted by Gasteiger charge is 2.53. The van der Waals surface area contributed by atoms with E-state index in [9.17, 15) is 28.8 Å². The molecule has 8 aliphatic heterocycles. The van der Waals surface area contributed by atoms with E-state index in [1.54, 1.807) is 97.1 Å². The lowest BCUT2D eigenvalue weighted by molar-refractivity contribution is -0.150. The standard InChI is InChI=1S/C58H70O16.C26H26O10/c1-3-57(37-65-38-57)35-63-29-9-5-7-11-31-67-45-21-13-41(14-22-45)53(59)71-47-25-17-43(18-26-47)55(61)73-49-33-69-52-50(34-70-51(49)52)74-56(62)44-19-27-48(28-20-44)72-54(60)42-15-23-46(24-16-42)68-32-12-8-6-10-30-64-36-58(4-2)39-66-40-58;27-25(15-1-5-17(6-2-15)29-9-19-11-31-19)35-21-13-33-24-22(14-34-23(21)24)36-26(28)16-3-7-18(8-4-16)30-10-20-12-32-20/h13-28,49-52H,3-12,29-40H2,1-2H3;1-8,19-24H,9-14H2. The number of carbonyl (C=O) groups is 6. The molecule has 0 bridgehead atoms. The number of benzene rings is 6. The number of rotatable bonds is 40. The van der Waals surface area contributed by atoms with E-state index in [0.29, 0.717) is 71.7 Å². The first kappa shape index (κ1) is 79.0. The number of hydrogen-bond donors (Lipinski definition) is 0. The largest absolute Gasteiger partial charge is 0.494 e. The van der Waals surface area contributed by atoms with Crippen LogP contribution in [0.5, 0.6) is 34.5 Å². The second-order valence-electron chi connectivity index (χ2n) is 28.7. The molecule has 0 aliphatic carbocycles. The zero-order valence-electron chi connectivity index (χ0n) is 62.0. The van der Waals surface area contributed by atoms with Crippen molar-refractivity contribution in [3.63, 3.8) is 0 Å². The van der Waals surface area contributed by atoms with Crippen LogP contribution >= 0.6 is 0 Å². The fourth-order valence-corrected chi connectivity index (χ4v) is 13.0. The molecule has 110 heavy (non-hydrogen) atoms. The number of esters is 6. The molecule has 10 atom stereocenters. The van der Waals surface area contributed by atoms with Gasteiger partial charge in [0.25, 0.3) is 0 Å². The lowest BCUT2D eigenvalue weighted by Crippen LogP contribution is -2.45. The van der Waals surface area contributed by atoms with Gasteiger partial charge in [-0.15, -0.1) is 0 Å². The van der Waals surface area contributed by atoms with Gasteiger partial charge < -0.3 is 94.7 Å². The third-order valence-corrected chi connectivity index (χ3v) is 20.4. The molecule has 0 amide bonds. The predicted octanol–water partition coefficient (Wildman–Crippen LogP) is 11.2. The molecule has 14 rings (SSSR count). The molecule has 6 aromatic rings. The van der Waals surface area contributed by atoms with Crippen LogP contribution in [0.25, 0.3) is 0 Å². The molecule has 0 N–H and O–H groups in total. The van der Waals surface area contributed by atoms with Crippen LogP contribution in [-0.2, 0) is 66.3 Å². The highest BCUT2D eigenvalue weighted by atomic mass is 16.7. The van der Waals surface area contributed by atoms with Crippen LogP contribution < -0.4 is 28.4 Å². The normalized spacial score (nSPS) is 23.3. The number of hydrogen-bond acceptors (Lipinski definition) is 26. The molecule has 8 heterocycles. The lowest BCUT2D eigenvalue weighted by Gasteiger charge is -2.40. The van der Waals surface area contributed by atoms with Gasteiger partial charge in [0.05, 0.1) is 126 Å². The van der Waals surface area contributed by atoms with E-state index in [2.05, 4.69) is 13.8 Å². The van der Waals surface area contributed by atoms with Crippen molar-refractivity contribution in [2.75, 3.05) is 119 Å². The molecular weight excluding hydrogens is 1420 g/mol. The van der Waals surface area contributed by atoms with Crippen LogP contribution in [0, 0.1) is 10.8 Å². The van der Waals surface area contributed by atoms with Gasteiger partial charge in [0, 0.05) is 24.0 Å². The van der Waals surface area contributed by atoms with Crippen LogP contribution in [-0.4, -0.2) is 216 Å². The summed E-state index contributed by atoms with van der Waals surface area (Å²) in [7, 11) is 0. The molecule has 0 spiro atoms. The minimum atomic E-state index is -0.743. The summed E-state index contributed by atoms with van der Waals surface area (Å²) in [5, 5.41) is 0. The molecular formula is C84H96O26. The number of epoxide rings is 2. The third kappa shape index (κ3) is 22.2. The van der Waals surface area contributed by atoms with Gasteiger partial charge in [0.15, 0.2) is 24.4 Å². The van der Waals surface area contributed by atoms with E-state index >= 15 is 0 Å². The first-order valence-electron chi connectivity index (χ1n) is 38.2. The van der Waals surface area contributed by atoms with Crippen molar-refractivity contribution in [2.45, 2.75) is 139 Å². The fraction of sp³-hybridized carbons (Fsp3) is 0.500. The SMILES string of the molecule is CCC1(COCCCCCCOc2ccc(C(=O)Oc3ccc(C(=O)OC4COC5C(OC(=O)c6ccc(OC(=O)c7ccc(OCCCCCCOCC8(CC)COC8)cc7)cc6)COC45)cc3)cc2)COC1.O=C(OC1COC2C(OC(=O)c3ccc(OCC4CO4)cc3)COC12)c1ccc(OCC2CO2)cc1. The maximum Gasteiger partial charge on any atom is 0.343 e. The Bertz CT molecular complexity index is 3680. The van der Waals surface area contributed by atoms with Crippen molar-refractivity contribution < 1.29 is 124 Å². The first-order chi connectivity index (χ1) is 53.8. The highest BCUT2D eigenvalue weighted by molar-refractivity contribution is 5.94. The Morgan fingerprint density at radius 1 is 0.309 bits per heavy atom. The average Bonchev–Trinajstić information content (AvgIpc) is 1.63. The zero-order valence-corrected chi connectivity index (χ0v) is 62.0. The number of carbonyl (C=O) groups excluding carboxylic acids is 6. The van der Waals surface area contributed by atoms with E-state index < -0.39 is 84.6 Å². The second-order valence-corrected chi connectivity index (χ2v) is 28.7. The van der Waals surface area contributed by atoms with E-state index in [1.807, 2.05) is 0 Å². The Morgan fingerprint density at radius 2 is 0.564 bits per heavy atom. The van der Waals surface area contributed by atoms with E-state index in [1.165, 1.54) is 48.5 Å². The second kappa shape index (κ2) is 38.7. The molecule has 0 saturated carbocycles. The number of ether oxygens (including phenoxy) is 20. The van der Waals surface area contributed by atoms with Gasteiger partial charge in [-0.3, -0.25) is 0 Å². The Labute approximate surface area is 638 Å². The minimum absolute atomic E-state index is 0.0463. The van der Waals surface area contributed by atoms with Gasteiger partial charge in [-0.25, -0.2) is 28.8 Å². The summed E-state index contributed by atoms with van der Waals surface area (Å²) in [6.07, 6.45) is 5.63. The molecule has 8 saturated heterocycles. The molecule has 10 unspecified atom stereocenters. The summed E-state index contributed by atoms with van der Waals surface area (Å²) in [6.45, 7) is 14.7. The van der Waals surface area contributed by atoms with E-state index in [4.69, 9.17) is 94.7 Å². The molecule has 0 aromatic heterocycles. The summed E-state index contributed by atoms with van der Waals surface area (Å²) in [5.41, 5.74) is 2.42. The van der Waals surface area contributed by atoms with Crippen LogP contribution in [0.1, 0.15) is 140 Å². The van der Waals surface area contributed by atoms with Gasteiger partial charge in [-0.2, -0.15) is 0 Å². The highest BCUT2D eigenvalue weighted by Crippen LogP contribution is 2.36. The Hall–Kier alpha value is -9.06. The Balaban J connectivity index is 0.000000244. The van der Waals surface area contributed by atoms with Crippen molar-refractivity contribution in [3.05, 3.63) is 179 Å². The smallest absolute Gasteiger partial charge is 0.343 e. The predicted molar refractivity (Wildman–Crippen MR) is 391 cm³/mol. The fourth-order valence-electron chi connectivity index (χ4n) is 13.0. The van der Waals surface area contributed by atoms with Crippen LogP contribution in [0.3, 0.4) is 0 Å². The zero-order chi connectivity index (χ0) is 76.1. The molecule has 8 aliphatic rings. The number of fused-ring (bicyclic) bond motifs is 2. The van der Waals surface area contributed by atoms with Gasteiger partial charge in [-0.05, 0) is 197 Å². The Morgan fingerprint density at radius 3 is 0.818 bits per heavy atom. The molecule has 0 radical (unpaired) electrons. The summed E-state index contributed by atoms with van der Waals surface area (Å²) in [4.78, 5) is 77.3. The summed E-state index contributed by atoms with van der Waals surface area (Å²) < 4.78 is 113. The molecule has 8 fully saturated rings. The van der Waals surface area contributed by atoms with Crippen LogP contribution in [0.4, 0.5) is 0 Å². The monoisotopic (exact) mass is 1520 g/mol. The first-order valence-corrected chi connectivity index (χ1v) is 38.2. The van der Waals surface area contributed by atoms with Crippen LogP contribution in [0.15, 0.2) is 146 Å².